The molecule has 0 spiro atoms. The number of hydrogen-bond donors (Lipinski definition) is 1. The fourth-order valence-corrected chi connectivity index (χ4v) is 2.62. The van der Waals surface area contributed by atoms with E-state index >= 15 is 0 Å². The number of nitrogens with one attached hydrogen (secondary N) is 1. The van der Waals surface area contributed by atoms with Gasteiger partial charge in [-0.25, -0.2) is 4.79 Å². The number of carbonyl (C=O) groups excluding carboxylic acids is 2. The van der Waals surface area contributed by atoms with Crippen molar-refractivity contribution in [3.8, 4) is 11.5 Å². The number of hydrogen-bond acceptors (Lipinski definition) is 5. The molecule has 27 heavy (non-hydrogen) atoms. The minimum absolute atomic E-state index is 0.0110. The Balaban J connectivity index is 1.46. The molecule has 1 aliphatic heterocycles. The molecule has 0 aromatic heterocycles. The van der Waals surface area contributed by atoms with Gasteiger partial charge in [0.1, 0.15) is 0 Å². The van der Waals surface area contributed by atoms with E-state index in [2.05, 4.69) is 26.1 Å². The number of benzene rings is 2. The molecule has 0 radical (unpaired) electrons. The van der Waals surface area contributed by atoms with E-state index in [-0.39, 0.29) is 24.7 Å². The summed E-state index contributed by atoms with van der Waals surface area (Å²) in [6.45, 7) is 6.50. The molecule has 2 aromatic rings. The quantitative estimate of drug-likeness (QED) is 0.820. The summed E-state index contributed by atoms with van der Waals surface area (Å²) in [6.07, 6.45) is 0. The topological polar surface area (TPSA) is 73.9 Å². The van der Waals surface area contributed by atoms with Crippen molar-refractivity contribution in [2.75, 3.05) is 13.4 Å². The van der Waals surface area contributed by atoms with Crippen LogP contribution in [0.3, 0.4) is 0 Å². The molecule has 1 amide bonds. The summed E-state index contributed by atoms with van der Waals surface area (Å²) in [5.41, 5.74) is 2.43. The maximum atomic E-state index is 12.1. The molecule has 0 fully saturated rings. The summed E-state index contributed by atoms with van der Waals surface area (Å²) in [6, 6.07) is 12.7. The molecular formula is C21H23NO5. The highest BCUT2D eigenvalue weighted by Crippen LogP contribution is 2.32. The lowest BCUT2D eigenvalue weighted by Crippen LogP contribution is -2.28. The Kier molecular flexibility index (Phi) is 5.35. The van der Waals surface area contributed by atoms with Gasteiger partial charge < -0.3 is 19.5 Å². The van der Waals surface area contributed by atoms with Crippen LogP contribution in [0.25, 0.3) is 0 Å². The lowest BCUT2D eigenvalue weighted by molar-refractivity contribution is -0.124. The summed E-state index contributed by atoms with van der Waals surface area (Å²) in [7, 11) is 0. The molecule has 3 rings (SSSR count). The average Bonchev–Trinajstić information content (AvgIpc) is 3.11. The summed E-state index contributed by atoms with van der Waals surface area (Å²) < 4.78 is 15.6. The first-order valence-electron chi connectivity index (χ1n) is 8.76. The maximum absolute atomic E-state index is 12.1. The molecule has 0 bridgehead atoms. The number of ether oxygens (including phenoxy) is 3. The highest BCUT2D eigenvalue weighted by Gasteiger charge is 2.16. The molecule has 1 heterocycles. The molecule has 1 aliphatic rings. The Morgan fingerprint density at radius 3 is 2.44 bits per heavy atom. The summed E-state index contributed by atoms with van der Waals surface area (Å²) in [5.74, 6) is 0.462. The Morgan fingerprint density at radius 2 is 1.74 bits per heavy atom. The van der Waals surface area contributed by atoms with Crippen LogP contribution in [0.5, 0.6) is 11.5 Å². The van der Waals surface area contributed by atoms with E-state index in [1.165, 1.54) is 0 Å². The van der Waals surface area contributed by atoms with E-state index in [0.717, 1.165) is 11.1 Å². The fraction of sp³-hybridized carbons (Fsp3) is 0.333. The van der Waals surface area contributed by atoms with Gasteiger partial charge in [-0.15, -0.1) is 0 Å². The largest absolute Gasteiger partial charge is 0.454 e. The highest BCUT2D eigenvalue weighted by atomic mass is 16.7. The van der Waals surface area contributed by atoms with Gasteiger partial charge in [-0.2, -0.15) is 0 Å². The molecule has 6 heteroatoms. The van der Waals surface area contributed by atoms with E-state index in [1.54, 1.807) is 18.2 Å². The number of amides is 1. The zero-order valence-electron chi connectivity index (χ0n) is 15.7. The van der Waals surface area contributed by atoms with Crippen LogP contribution >= 0.6 is 0 Å². The van der Waals surface area contributed by atoms with Crippen molar-refractivity contribution in [2.45, 2.75) is 32.7 Å². The minimum Gasteiger partial charge on any atom is -0.454 e. The molecule has 0 atom stereocenters. The fourth-order valence-electron chi connectivity index (χ4n) is 2.62. The van der Waals surface area contributed by atoms with Gasteiger partial charge in [-0.1, -0.05) is 39.0 Å². The monoisotopic (exact) mass is 369 g/mol. The Bertz CT molecular complexity index is 837. The Labute approximate surface area is 158 Å². The van der Waals surface area contributed by atoms with Crippen LogP contribution in [0.2, 0.25) is 0 Å². The zero-order chi connectivity index (χ0) is 19.4. The van der Waals surface area contributed by atoms with Gasteiger partial charge in [0.2, 0.25) is 6.79 Å². The third-order valence-corrected chi connectivity index (χ3v) is 4.25. The van der Waals surface area contributed by atoms with Crippen LogP contribution in [-0.2, 0) is 21.5 Å². The predicted octanol–water partition coefficient (Wildman–Crippen LogP) is 3.19. The first-order valence-corrected chi connectivity index (χ1v) is 8.76. The first kappa shape index (κ1) is 18.8. The molecule has 2 aromatic carbocycles. The lowest BCUT2D eigenvalue weighted by Gasteiger charge is -2.18. The van der Waals surface area contributed by atoms with Gasteiger partial charge in [-0.05, 0) is 40.8 Å². The van der Waals surface area contributed by atoms with Crippen LogP contribution in [0.1, 0.15) is 42.3 Å². The minimum atomic E-state index is -0.520. The molecule has 0 saturated heterocycles. The second-order valence-electron chi connectivity index (χ2n) is 7.37. The van der Waals surface area contributed by atoms with E-state index in [1.807, 2.05) is 24.3 Å². The molecule has 6 nitrogen and oxygen atoms in total. The second kappa shape index (κ2) is 7.70. The zero-order valence-corrected chi connectivity index (χ0v) is 15.7. The summed E-state index contributed by atoms with van der Waals surface area (Å²) in [4.78, 5) is 24.0. The van der Waals surface area contributed by atoms with Crippen molar-refractivity contribution in [1.82, 2.24) is 5.32 Å². The standard InChI is InChI=1S/C21H23NO5/c1-21(2,3)16-7-5-15(6-8-16)20(24)25-12-19(23)22-11-14-4-9-17-18(10-14)27-13-26-17/h4-10H,11-13H2,1-3H3,(H,22,23). The average molecular weight is 369 g/mol. The van der Waals surface area contributed by atoms with E-state index in [9.17, 15) is 9.59 Å². The van der Waals surface area contributed by atoms with Crippen LogP contribution < -0.4 is 14.8 Å². The van der Waals surface area contributed by atoms with Crippen molar-refractivity contribution in [1.29, 1.82) is 0 Å². The van der Waals surface area contributed by atoms with Crippen molar-refractivity contribution in [3.05, 3.63) is 59.2 Å². The van der Waals surface area contributed by atoms with Gasteiger partial charge in [-0.3, -0.25) is 4.79 Å². The number of esters is 1. The van der Waals surface area contributed by atoms with Crippen molar-refractivity contribution >= 4 is 11.9 Å². The summed E-state index contributed by atoms with van der Waals surface area (Å²) >= 11 is 0. The third-order valence-electron chi connectivity index (χ3n) is 4.25. The third kappa shape index (κ3) is 4.78. The van der Waals surface area contributed by atoms with Crippen LogP contribution in [0.15, 0.2) is 42.5 Å². The van der Waals surface area contributed by atoms with Gasteiger partial charge in [0.25, 0.3) is 5.91 Å². The van der Waals surface area contributed by atoms with E-state index in [4.69, 9.17) is 14.2 Å². The van der Waals surface area contributed by atoms with Crippen molar-refractivity contribution < 1.29 is 23.8 Å². The highest BCUT2D eigenvalue weighted by molar-refractivity contribution is 5.91. The Morgan fingerprint density at radius 1 is 1.04 bits per heavy atom. The lowest BCUT2D eigenvalue weighted by atomic mass is 9.87. The first-order chi connectivity index (χ1) is 12.8. The van der Waals surface area contributed by atoms with Crippen LogP contribution in [-0.4, -0.2) is 25.3 Å². The smallest absolute Gasteiger partial charge is 0.338 e. The summed E-state index contributed by atoms with van der Waals surface area (Å²) in [5, 5.41) is 2.71. The van der Waals surface area contributed by atoms with Gasteiger partial charge in [0, 0.05) is 6.54 Å². The normalized spacial score (nSPS) is 12.6. The molecule has 0 aliphatic carbocycles. The number of carbonyl (C=O) groups is 2. The van der Waals surface area contributed by atoms with E-state index in [0.29, 0.717) is 23.6 Å². The van der Waals surface area contributed by atoms with Crippen molar-refractivity contribution in [3.63, 3.8) is 0 Å². The molecule has 0 saturated carbocycles. The van der Waals surface area contributed by atoms with Crippen LogP contribution in [0.4, 0.5) is 0 Å². The van der Waals surface area contributed by atoms with Crippen LogP contribution in [0, 0.1) is 0 Å². The number of fused-ring (bicyclic) bond motifs is 1. The number of rotatable bonds is 5. The maximum Gasteiger partial charge on any atom is 0.338 e. The Hall–Kier alpha value is -3.02. The predicted molar refractivity (Wildman–Crippen MR) is 99.8 cm³/mol. The van der Waals surface area contributed by atoms with Crippen molar-refractivity contribution in [2.24, 2.45) is 0 Å². The van der Waals surface area contributed by atoms with Gasteiger partial charge in [0.05, 0.1) is 5.56 Å². The SMILES string of the molecule is CC(C)(C)c1ccc(C(=O)OCC(=O)NCc2ccc3c(c2)OCO3)cc1. The van der Waals surface area contributed by atoms with Gasteiger partial charge in [0.15, 0.2) is 18.1 Å². The molecule has 142 valence electrons. The molecule has 1 N–H and O–H groups in total. The van der Waals surface area contributed by atoms with E-state index < -0.39 is 5.97 Å². The molecular weight excluding hydrogens is 346 g/mol. The van der Waals surface area contributed by atoms with Gasteiger partial charge >= 0.3 is 5.97 Å². The molecule has 0 unspecified atom stereocenters. The second-order valence-corrected chi connectivity index (χ2v) is 7.37.